The van der Waals surface area contributed by atoms with Crippen LogP contribution in [0.3, 0.4) is 0 Å². The topological polar surface area (TPSA) is 18.5 Å². The third-order valence-electron chi connectivity index (χ3n) is 4.01. The number of rotatable bonds is 1. The lowest BCUT2D eigenvalue weighted by atomic mass is 9.94. The lowest BCUT2D eigenvalue weighted by Gasteiger charge is -2.36. The number of hydrogen-bond acceptors (Lipinski definition) is 2. The van der Waals surface area contributed by atoms with Crippen molar-refractivity contribution < 1.29 is 22.0 Å². The van der Waals surface area contributed by atoms with E-state index in [9.17, 15) is 13.2 Å². The molecule has 1 fully saturated rings. The average Bonchev–Trinajstić information content (AvgIpc) is 2.43. The molecule has 0 bridgehead atoms. The molecule has 22 heavy (non-hydrogen) atoms. The van der Waals surface area contributed by atoms with E-state index < -0.39 is 20.3 Å². The largest absolute Gasteiger partial charge is 0.416 e. The third-order valence-corrected chi connectivity index (χ3v) is 7.27. The van der Waals surface area contributed by atoms with Crippen LogP contribution in [0.4, 0.5) is 13.2 Å². The second kappa shape index (κ2) is 5.35. The highest BCUT2D eigenvalue weighted by Crippen LogP contribution is 2.35. The molecule has 1 aromatic carbocycles. The van der Waals surface area contributed by atoms with E-state index in [4.69, 9.17) is 8.85 Å². The maximum Gasteiger partial charge on any atom is 0.416 e. The van der Waals surface area contributed by atoms with E-state index in [1.807, 2.05) is 34.2 Å². The molecule has 0 amide bonds. The first-order valence-corrected chi connectivity index (χ1v) is 9.73. The van der Waals surface area contributed by atoms with Gasteiger partial charge < -0.3 is 8.85 Å². The second-order valence-electron chi connectivity index (χ2n) is 7.24. The van der Waals surface area contributed by atoms with Crippen molar-refractivity contribution in [1.82, 2.24) is 0 Å². The molecule has 0 atom stereocenters. The zero-order valence-corrected chi connectivity index (χ0v) is 14.7. The normalized spacial score (nSPS) is 23.8. The summed E-state index contributed by atoms with van der Waals surface area (Å²) in [4.78, 5) is 0. The van der Waals surface area contributed by atoms with E-state index in [2.05, 4.69) is 0 Å². The van der Waals surface area contributed by atoms with Crippen LogP contribution < -0.4 is 5.19 Å². The van der Waals surface area contributed by atoms with Gasteiger partial charge in [-0.1, -0.05) is 12.1 Å². The fraction of sp³-hybridized carbons (Fsp3) is 0.625. The molecule has 1 aromatic rings. The molecule has 0 spiro atoms. The van der Waals surface area contributed by atoms with Crippen LogP contribution in [0.15, 0.2) is 24.3 Å². The molecule has 0 radical (unpaired) electrons. The van der Waals surface area contributed by atoms with Crippen LogP contribution in [0.5, 0.6) is 0 Å². The number of hydrogen-bond donors (Lipinski definition) is 0. The number of benzene rings is 1. The lowest BCUT2D eigenvalue weighted by Crippen LogP contribution is -2.56. The standard InChI is InChI=1S/C16H23F3O2Si/c1-14(2)10-11-15(3,4)21-22(5,20-14)13-8-6-12(7-9-13)16(17,18)19/h6-9H,10-11H2,1-5H3. The van der Waals surface area contributed by atoms with E-state index in [1.54, 1.807) is 0 Å². The molecule has 124 valence electrons. The summed E-state index contributed by atoms with van der Waals surface area (Å²) in [6.07, 6.45) is -2.63. The Balaban J connectivity index is 2.38. The number of halogens is 3. The van der Waals surface area contributed by atoms with Crippen LogP contribution in [0, 0.1) is 0 Å². The van der Waals surface area contributed by atoms with Gasteiger partial charge in [-0.25, -0.2) is 0 Å². The Bertz CT molecular complexity index is 517. The quantitative estimate of drug-likeness (QED) is 0.711. The summed E-state index contributed by atoms with van der Waals surface area (Å²) in [5.41, 5.74) is -1.35. The zero-order valence-electron chi connectivity index (χ0n) is 13.7. The van der Waals surface area contributed by atoms with Crippen molar-refractivity contribution in [1.29, 1.82) is 0 Å². The molecule has 1 aliphatic heterocycles. The molecular weight excluding hydrogens is 309 g/mol. The van der Waals surface area contributed by atoms with Gasteiger partial charge in [0.1, 0.15) is 0 Å². The summed E-state index contributed by atoms with van der Waals surface area (Å²) >= 11 is 0. The molecule has 0 N–H and O–H groups in total. The molecule has 0 aliphatic carbocycles. The van der Waals surface area contributed by atoms with Gasteiger partial charge in [-0.15, -0.1) is 0 Å². The first-order chi connectivity index (χ1) is 9.83. The van der Waals surface area contributed by atoms with Gasteiger partial charge in [0.2, 0.25) is 0 Å². The molecule has 1 saturated heterocycles. The summed E-state index contributed by atoms with van der Waals surface area (Å²) in [7, 11) is -2.78. The van der Waals surface area contributed by atoms with Crippen molar-refractivity contribution >= 4 is 13.7 Å². The van der Waals surface area contributed by atoms with E-state index >= 15 is 0 Å². The minimum atomic E-state index is -4.33. The Morgan fingerprint density at radius 3 is 1.68 bits per heavy atom. The Morgan fingerprint density at radius 1 is 0.909 bits per heavy atom. The van der Waals surface area contributed by atoms with Crippen molar-refractivity contribution in [3.8, 4) is 0 Å². The molecule has 1 aliphatic rings. The van der Waals surface area contributed by atoms with Gasteiger partial charge in [-0.05, 0) is 64.4 Å². The first kappa shape index (κ1) is 17.5. The Labute approximate surface area is 130 Å². The lowest BCUT2D eigenvalue weighted by molar-refractivity contribution is -0.137. The van der Waals surface area contributed by atoms with Gasteiger partial charge in [0.25, 0.3) is 0 Å². The Hall–Kier alpha value is -0.853. The minimum absolute atomic E-state index is 0.350. The second-order valence-corrected chi connectivity index (χ2v) is 10.1. The van der Waals surface area contributed by atoms with Gasteiger partial charge in [-0.2, -0.15) is 13.2 Å². The predicted octanol–water partition coefficient (Wildman–Crippen LogP) is 4.37. The Kier molecular flexibility index (Phi) is 4.26. The van der Waals surface area contributed by atoms with Gasteiger partial charge in [0.15, 0.2) is 0 Å². The molecule has 2 nitrogen and oxygen atoms in total. The van der Waals surface area contributed by atoms with Crippen molar-refractivity contribution in [3.63, 3.8) is 0 Å². The summed E-state index contributed by atoms with van der Waals surface area (Å²) in [6, 6.07) is 5.19. The third kappa shape index (κ3) is 3.91. The molecule has 0 aromatic heterocycles. The highest BCUT2D eigenvalue weighted by atomic mass is 28.4. The molecule has 0 unspecified atom stereocenters. The van der Waals surface area contributed by atoms with E-state index in [-0.39, 0.29) is 11.2 Å². The van der Waals surface area contributed by atoms with Crippen molar-refractivity contribution in [2.24, 2.45) is 0 Å². The van der Waals surface area contributed by atoms with Gasteiger partial charge >= 0.3 is 14.7 Å². The minimum Gasteiger partial charge on any atom is -0.386 e. The highest BCUT2D eigenvalue weighted by Gasteiger charge is 2.47. The van der Waals surface area contributed by atoms with Gasteiger partial charge in [0, 0.05) is 0 Å². The maximum absolute atomic E-state index is 12.7. The fourth-order valence-electron chi connectivity index (χ4n) is 2.86. The predicted molar refractivity (Wildman–Crippen MR) is 82.3 cm³/mol. The molecule has 2 rings (SSSR count). The van der Waals surface area contributed by atoms with E-state index in [0.717, 1.165) is 30.2 Å². The SMILES string of the molecule is CC1(C)CCC(C)(C)O[Si](C)(c2ccc(C(F)(F)F)cc2)O1. The van der Waals surface area contributed by atoms with Crippen LogP contribution in [-0.2, 0) is 15.0 Å². The highest BCUT2D eigenvalue weighted by molar-refractivity contribution is 6.80. The summed E-state index contributed by atoms with van der Waals surface area (Å²) in [5, 5.41) is 0.726. The van der Waals surface area contributed by atoms with E-state index in [1.165, 1.54) is 12.1 Å². The van der Waals surface area contributed by atoms with E-state index in [0.29, 0.717) is 0 Å². The van der Waals surface area contributed by atoms with Crippen LogP contribution in [-0.4, -0.2) is 19.8 Å². The van der Waals surface area contributed by atoms with Crippen LogP contribution in [0.25, 0.3) is 0 Å². The van der Waals surface area contributed by atoms with Crippen LogP contribution in [0.1, 0.15) is 46.1 Å². The fourth-order valence-corrected chi connectivity index (χ4v) is 6.22. The zero-order chi connectivity index (χ0) is 16.8. The van der Waals surface area contributed by atoms with Crippen molar-refractivity contribution in [2.45, 2.75) is 64.5 Å². The summed E-state index contributed by atoms with van der Waals surface area (Å²) in [5.74, 6) is 0. The molecular formula is C16H23F3O2Si. The van der Waals surface area contributed by atoms with Crippen molar-refractivity contribution in [2.75, 3.05) is 0 Å². The maximum atomic E-state index is 12.7. The molecule has 6 heteroatoms. The van der Waals surface area contributed by atoms with Gasteiger partial charge in [0.05, 0.1) is 16.8 Å². The molecule has 1 heterocycles. The molecule has 0 saturated carbocycles. The summed E-state index contributed by atoms with van der Waals surface area (Å²) in [6.45, 7) is 9.94. The monoisotopic (exact) mass is 332 g/mol. The first-order valence-electron chi connectivity index (χ1n) is 7.41. The average molecular weight is 332 g/mol. The van der Waals surface area contributed by atoms with Crippen molar-refractivity contribution in [3.05, 3.63) is 29.8 Å². The van der Waals surface area contributed by atoms with Gasteiger partial charge in [-0.3, -0.25) is 0 Å². The Morgan fingerprint density at radius 2 is 1.32 bits per heavy atom. The van der Waals surface area contributed by atoms with Crippen LogP contribution >= 0.6 is 0 Å². The van der Waals surface area contributed by atoms with Crippen LogP contribution in [0.2, 0.25) is 6.55 Å². The number of alkyl halides is 3. The summed E-state index contributed by atoms with van der Waals surface area (Å²) < 4.78 is 50.7. The smallest absolute Gasteiger partial charge is 0.386 e.